The van der Waals surface area contributed by atoms with Gasteiger partial charge in [0.2, 0.25) is 11.8 Å². The lowest BCUT2D eigenvalue weighted by Gasteiger charge is -2.49. The minimum atomic E-state index is -2.06. The van der Waals surface area contributed by atoms with E-state index in [2.05, 4.69) is 10.6 Å². The summed E-state index contributed by atoms with van der Waals surface area (Å²) >= 11 is 0. The maximum Gasteiger partial charge on any atom is 0.217 e. The molecule has 4 aliphatic rings. The summed E-state index contributed by atoms with van der Waals surface area (Å²) in [5.41, 5.74) is 5.44. The molecule has 4 rings (SSSR count). The molecular formula is C30H53N3O21. The van der Waals surface area contributed by atoms with Crippen LogP contribution in [0.1, 0.15) is 13.8 Å². The molecule has 15 N–H and O–H groups in total. The highest BCUT2D eigenvalue weighted by atomic mass is 16.8. The van der Waals surface area contributed by atoms with E-state index in [1.54, 1.807) is 0 Å². The molecule has 0 aromatic carbocycles. The van der Waals surface area contributed by atoms with E-state index in [0.717, 1.165) is 13.8 Å². The van der Waals surface area contributed by atoms with Crippen molar-refractivity contribution in [1.82, 2.24) is 10.6 Å². The Kier molecular flexibility index (Phi) is 16.6. The van der Waals surface area contributed by atoms with E-state index in [4.69, 9.17) is 43.6 Å². The van der Waals surface area contributed by atoms with Crippen molar-refractivity contribution in [3.8, 4) is 0 Å². The van der Waals surface area contributed by atoms with E-state index in [1.165, 1.54) is 0 Å². The summed E-state index contributed by atoms with van der Waals surface area (Å²) in [6.07, 6.45) is -30.7. The molecule has 4 saturated heterocycles. The van der Waals surface area contributed by atoms with E-state index >= 15 is 0 Å². The number of rotatable bonds is 15. The van der Waals surface area contributed by atoms with Crippen molar-refractivity contribution in [3.63, 3.8) is 0 Å². The Hall–Kier alpha value is -1.86. The van der Waals surface area contributed by atoms with Gasteiger partial charge in [-0.3, -0.25) is 9.59 Å². The number of amides is 2. The summed E-state index contributed by atoms with van der Waals surface area (Å²) < 4.78 is 45.4. The molecule has 24 heteroatoms. The first-order chi connectivity index (χ1) is 25.6. The highest BCUT2D eigenvalue weighted by Gasteiger charge is 2.55. The Bertz CT molecular complexity index is 1190. The number of carbonyl (C=O) groups excluding carboxylic acids is 2. The van der Waals surface area contributed by atoms with E-state index in [-0.39, 0.29) is 13.2 Å². The van der Waals surface area contributed by atoms with Crippen LogP contribution < -0.4 is 16.4 Å². The van der Waals surface area contributed by atoms with Gasteiger partial charge in [0.05, 0.1) is 33.0 Å². The van der Waals surface area contributed by atoms with E-state index in [0.29, 0.717) is 0 Å². The number of nitrogens with one attached hydrogen (secondary N) is 2. The number of carbonyl (C=O) groups is 2. The molecule has 314 valence electrons. The normalized spacial score (nSPS) is 45.8. The molecule has 0 spiro atoms. The number of ether oxygens (including phenoxy) is 8. The third-order valence-corrected chi connectivity index (χ3v) is 9.37. The highest BCUT2D eigenvalue weighted by Crippen LogP contribution is 2.34. The predicted octanol–water partition coefficient (Wildman–Crippen LogP) is -9.48. The van der Waals surface area contributed by atoms with Crippen LogP contribution in [-0.4, -0.2) is 230 Å². The van der Waals surface area contributed by atoms with Crippen molar-refractivity contribution < 1.29 is 104 Å². The fraction of sp³-hybridized carbons (Fsp3) is 0.933. The van der Waals surface area contributed by atoms with Crippen molar-refractivity contribution >= 4 is 11.8 Å². The topological polar surface area (TPSA) is 381 Å². The average molecular weight is 792 g/mol. The van der Waals surface area contributed by atoms with Crippen LogP contribution in [0, 0.1) is 0 Å². The number of nitrogens with two attached hydrogens (primary N) is 1. The molecule has 0 aliphatic carbocycles. The molecule has 54 heavy (non-hydrogen) atoms. The first-order valence-electron chi connectivity index (χ1n) is 17.3. The van der Waals surface area contributed by atoms with Crippen molar-refractivity contribution in [3.05, 3.63) is 0 Å². The van der Waals surface area contributed by atoms with Crippen LogP contribution in [0.15, 0.2) is 0 Å². The first kappa shape index (κ1) is 44.8. The standard InChI is InChI=1S/C30H53N3O21/c1-9(37)32-15-20(42)17(39)11(5-34)49-27(15)48-8-14-19(41)26(54-28-16(33-10(2)38)21(43)18(40)12(6-35)50-28)24(46)30(52-14)53-25-13(7-36)51-29(47-4-3-31)23(45)22(25)44/h11-30,34-36,39-46H,3-8,31H2,1-2H3,(H,32,37)(H,33,38)/t11-,12-,13-,14-,15-,16-,17-,18-,19+,20-,21-,22-,23-,24-,25-,26+,27-,28+,29-,30+/m1/s1. The van der Waals surface area contributed by atoms with Gasteiger partial charge in [0.1, 0.15) is 97.5 Å². The largest absolute Gasteiger partial charge is 0.394 e. The van der Waals surface area contributed by atoms with E-state index in [1.807, 2.05) is 0 Å². The summed E-state index contributed by atoms with van der Waals surface area (Å²) in [6.45, 7) is -1.02. The zero-order valence-corrected chi connectivity index (χ0v) is 29.4. The van der Waals surface area contributed by atoms with Crippen molar-refractivity contribution in [2.75, 3.05) is 39.6 Å². The van der Waals surface area contributed by atoms with Crippen LogP contribution in [0.25, 0.3) is 0 Å². The second kappa shape index (κ2) is 20.0. The predicted molar refractivity (Wildman–Crippen MR) is 170 cm³/mol. The molecule has 2 amide bonds. The second-order valence-corrected chi connectivity index (χ2v) is 13.3. The minimum Gasteiger partial charge on any atom is -0.394 e. The Morgan fingerprint density at radius 1 is 0.537 bits per heavy atom. The van der Waals surface area contributed by atoms with Crippen LogP contribution in [0.3, 0.4) is 0 Å². The monoisotopic (exact) mass is 791 g/mol. The summed E-state index contributed by atoms with van der Waals surface area (Å²) in [6, 6.07) is -2.96. The number of aliphatic hydroxyl groups excluding tert-OH is 11. The van der Waals surface area contributed by atoms with Gasteiger partial charge in [-0.2, -0.15) is 0 Å². The van der Waals surface area contributed by atoms with Gasteiger partial charge in [0.15, 0.2) is 25.2 Å². The highest BCUT2D eigenvalue weighted by molar-refractivity contribution is 5.73. The number of aliphatic hydroxyl groups is 11. The summed E-state index contributed by atoms with van der Waals surface area (Å²) in [4.78, 5) is 23.9. The van der Waals surface area contributed by atoms with Crippen molar-refractivity contribution in [2.45, 2.75) is 137 Å². The van der Waals surface area contributed by atoms with Gasteiger partial charge in [-0.25, -0.2) is 0 Å². The van der Waals surface area contributed by atoms with Gasteiger partial charge in [0, 0.05) is 20.4 Å². The molecule has 0 unspecified atom stereocenters. The summed E-state index contributed by atoms with van der Waals surface area (Å²) in [7, 11) is 0. The molecule has 4 heterocycles. The van der Waals surface area contributed by atoms with Crippen molar-refractivity contribution in [1.29, 1.82) is 0 Å². The Labute approximate surface area is 308 Å². The average Bonchev–Trinajstić information content (AvgIpc) is 3.13. The zero-order valence-electron chi connectivity index (χ0n) is 29.4. The van der Waals surface area contributed by atoms with Crippen LogP contribution in [0.4, 0.5) is 0 Å². The van der Waals surface area contributed by atoms with Crippen LogP contribution in [0.5, 0.6) is 0 Å². The number of hydrogen-bond donors (Lipinski definition) is 14. The molecule has 0 radical (unpaired) electrons. The summed E-state index contributed by atoms with van der Waals surface area (Å²) in [5.74, 6) is -1.38. The minimum absolute atomic E-state index is 0.0296. The van der Waals surface area contributed by atoms with Gasteiger partial charge in [-0.1, -0.05) is 0 Å². The van der Waals surface area contributed by atoms with Gasteiger partial charge >= 0.3 is 0 Å². The maximum absolute atomic E-state index is 12.0. The van der Waals surface area contributed by atoms with Crippen LogP contribution in [-0.2, 0) is 47.5 Å². The molecule has 4 fully saturated rings. The van der Waals surface area contributed by atoms with Crippen molar-refractivity contribution in [2.24, 2.45) is 5.73 Å². The third kappa shape index (κ3) is 10.2. The van der Waals surface area contributed by atoms with Gasteiger partial charge in [-0.05, 0) is 0 Å². The fourth-order valence-corrected chi connectivity index (χ4v) is 6.55. The Morgan fingerprint density at radius 2 is 1.02 bits per heavy atom. The van der Waals surface area contributed by atoms with Crippen LogP contribution in [0.2, 0.25) is 0 Å². The van der Waals surface area contributed by atoms with Gasteiger partial charge in [-0.15, -0.1) is 0 Å². The smallest absolute Gasteiger partial charge is 0.217 e. The lowest BCUT2D eigenvalue weighted by atomic mass is 9.95. The van der Waals surface area contributed by atoms with Crippen LogP contribution >= 0.6 is 0 Å². The molecular weight excluding hydrogens is 738 g/mol. The fourth-order valence-electron chi connectivity index (χ4n) is 6.55. The molecule has 24 nitrogen and oxygen atoms in total. The first-order valence-corrected chi connectivity index (χ1v) is 17.3. The third-order valence-electron chi connectivity index (χ3n) is 9.37. The SMILES string of the molecule is CC(=O)N[C@H]1[C@H](OC[C@H]2O[C@@H](O[C@H]3[C@H](O)[C@@H](O)[C@H](OCCN)O[C@@H]3CO)[C@H](O)[C@@H](O[C@@H]3O[C@H](CO)[C@@H](O)[C@H](O)[C@H]3NC(C)=O)[C@H]2O)O[C@H](CO)[C@@H](O)[C@@H]1O. The Morgan fingerprint density at radius 3 is 1.54 bits per heavy atom. The van der Waals surface area contributed by atoms with Gasteiger partial charge in [0.25, 0.3) is 0 Å². The number of hydrogen-bond acceptors (Lipinski definition) is 22. The van der Waals surface area contributed by atoms with E-state index < -0.39 is 161 Å². The summed E-state index contributed by atoms with van der Waals surface area (Å²) in [5, 5.41) is 121. The van der Waals surface area contributed by atoms with Gasteiger partial charge < -0.3 is 110 Å². The maximum atomic E-state index is 12.0. The molecule has 0 saturated carbocycles. The molecule has 0 aromatic rings. The zero-order chi connectivity index (χ0) is 40.0. The second-order valence-electron chi connectivity index (χ2n) is 13.3. The van der Waals surface area contributed by atoms with E-state index in [9.17, 15) is 65.8 Å². The lowest BCUT2D eigenvalue weighted by molar-refractivity contribution is -0.378. The lowest BCUT2D eigenvalue weighted by Crippen LogP contribution is -2.69. The molecule has 0 aromatic heterocycles. The molecule has 0 bridgehead atoms. The molecule has 4 aliphatic heterocycles. The Balaban J connectivity index is 1.64. The quantitative estimate of drug-likeness (QED) is 0.0732. The molecule has 20 atom stereocenters.